The lowest BCUT2D eigenvalue weighted by Gasteiger charge is -2.26. The molecule has 186 valence electrons. The van der Waals surface area contributed by atoms with Crippen molar-refractivity contribution in [2.45, 2.75) is 45.3 Å². The van der Waals surface area contributed by atoms with Crippen molar-refractivity contribution in [1.29, 1.82) is 0 Å². The number of ether oxygens (including phenoxy) is 2. The van der Waals surface area contributed by atoms with Crippen LogP contribution in [-0.2, 0) is 16.0 Å². The molecule has 4 rings (SSSR count). The van der Waals surface area contributed by atoms with Gasteiger partial charge in [-0.05, 0) is 81.9 Å². The van der Waals surface area contributed by atoms with Crippen LogP contribution in [0.25, 0.3) is 5.76 Å². The lowest BCUT2D eigenvalue weighted by atomic mass is 9.94. The fourth-order valence-corrected chi connectivity index (χ4v) is 4.73. The van der Waals surface area contributed by atoms with Crippen molar-refractivity contribution in [2.75, 3.05) is 33.8 Å². The summed E-state index contributed by atoms with van der Waals surface area (Å²) in [5.41, 5.74) is 2.34. The number of carbonyl (C=O) groups excluding carboxylic acids is 2. The molecule has 0 unspecified atom stereocenters. The average molecular weight is 479 g/mol. The number of ketones is 1. The molecule has 2 aromatic carbocycles. The second-order valence-electron chi connectivity index (χ2n) is 9.53. The number of amides is 1. The van der Waals surface area contributed by atoms with Crippen molar-refractivity contribution >= 4 is 17.4 Å². The first-order valence-corrected chi connectivity index (χ1v) is 12.3. The summed E-state index contributed by atoms with van der Waals surface area (Å²) < 4.78 is 11.6. The van der Waals surface area contributed by atoms with Gasteiger partial charge in [0.05, 0.1) is 18.2 Å². The Bertz CT molecular complexity index is 1140. The molecule has 2 aromatic rings. The molecule has 0 aliphatic carbocycles. The van der Waals surface area contributed by atoms with Gasteiger partial charge < -0.3 is 24.4 Å². The van der Waals surface area contributed by atoms with Crippen molar-refractivity contribution < 1.29 is 24.2 Å². The van der Waals surface area contributed by atoms with E-state index in [0.29, 0.717) is 30.9 Å². The Hall–Kier alpha value is -3.32. The van der Waals surface area contributed by atoms with Crippen molar-refractivity contribution in [2.24, 2.45) is 0 Å². The van der Waals surface area contributed by atoms with Crippen LogP contribution in [0.1, 0.15) is 49.4 Å². The van der Waals surface area contributed by atoms with E-state index < -0.39 is 17.7 Å². The van der Waals surface area contributed by atoms with E-state index in [-0.39, 0.29) is 17.4 Å². The molecule has 2 atom stereocenters. The van der Waals surface area contributed by atoms with E-state index in [2.05, 4.69) is 0 Å². The SMILES string of the molecule is CCCOc1cccc([C@H]2C(=C(O)c3ccc4c(c3)C[C@H](C)O4)C(=O)C(=O)N2CCCN(C)C)c1. The molecular weight excluding hydrogens is 444 g/mol. The van der Waals surface area contributed by atoms with Gasteiger partial charge in [0.1, 0.15) is 23.4 Å². The van der Waals surface area contributed by atoms with Gasteiger partial charge >= 0.3 is 0 Å². The van der Waals surface area contributed by atoms with Crippen LogP contribution in [-0.4, -0.2) is 66.5 Å². The zero-order valence-electron chi connectivity index (χ0n) is 20.9. The second kappa shape index (κ2) is 10.5. The number of hydrogen-bond donors (Lipinski definition) is 1. The second-order valence-corrected chi connectivity index (χ2v) is 9.53. The van der Waals surface area contributed by atoms with E-state index in [4.69, 9.17) is 9.47 Å². The highest BCUT2D eigenvalue weighted by Crippen LogP contribution is 2.41. The predicted molar refractivity (Wildman–Crippen MR) is 135 cm³/mol. The van der Waals surface area contributed by atoms with Crippen LogP contribution < -0.4 is 9.47 Å². The van der Waals surface area contributed by atoms with Crippen molar-refractivity contribution in [3.05, 3.63) is 64.7 Å². The van der Waals surface area contributed by atoms with Gasteiger partial charge in [-0.2, -0.15) is 0 Å². The van der Waals surface area contributed by atoms with E-state index in [9.17, 15) is 14.7 Å². The maximum atomic E-state index is 13.3. The number of likely N-dealkylation sites (tertiary alicyclic amines) is 1. The molecule has 2 aliphatic heterocycles. The summed E-state index contributed by atoms with van der Waals surface area (Å²) in [7, 11) is 3.94. The van der Waals surface area contributed by atoms with Gasteiger partial charge in [0.25, 0.3) is 11.7 Å². The normalized spacial score (nSPS) is 20.9. The van der Waals surface area contributed by atoms with Gasteiger partial charge in [0.2, 0.25) is 0 Å². The fraction of sp³-hybridized carbons (Fsp3) is 0.429. The fourth-order valence-electron chi connectivity index (χ4n) is 4.73. The average Bonchev–Trinajstić information content (AvgIpc) is 3.33. The molecule has 1 fully saturated rings. The van der Waals surface area contributed by atoms with Crippen molar-refractivity contribution in [3.8, 4) is 11.5 Å². The number of benzene rings is 2. The molecule has 1 saturated heterocycles. The first-order chi connectivity index (χ1) is 16.8. The number of Topliss-reactive ketones (excluding diaryl/α,β-unsaturated/α-hetero) is 1. The summed E-state index contributed by atoms with van der Waals surface area (Å²) >= 11 is 0. The number of carbonyl (C=O) groups is 2. The van der Waals surface area contributed by atoms with Gasteiger partial charge in [-0.25, -0.2) is 0 Å². The predicted octanol–water partition coefficient (Wildman–Crippen LogP) is 4.17. The van der Waals surface area contributed by atoms with E-state index in [0.717, 1.165) is 36.3 Å². The van der Waals surface area contributed by atoms with Gasteiger partial charge in [-0.15, -0.1) is 0 Å². The van der Waals surface area contributed by atoms with E-state index in [1.807, 2.05) is 69.2 Å². The third-order valence-electron chi connectivity index (χ3n) is 6.36. The van der Waals surface area contributed by atoms with Gasteiger partial charge in [-0.1, -0.05) is 19.1 Å². The molecule has 0 bridgehead atoms. The van der Waals surface area contributed by atoms with Crippen LogP contribution in [0.15, 0.2) is 48.0 Å². The highest BCUT2D eigenvalue weighted by Gasteiger charge is 2.46. The molecule has 1 N–H and O–H groups in total. The summed E-state index contributed by atoms with van der Waals surface area (Å²) in [5.74, 6) is 0.0451. The Morgan fingerprint density at radius 1 is 1.20 bits per heavy atom. The molecule has 2 heterocycles. The highest BCUT2D eigenvalue weighted by atomic mass is 16.5. The third kappa shape index (κ3) is 5.20. The number of nitrogens with zero attached hydrogens (tertiary/aromatic N) is 2. The minimum Gasteiger partial charge on any atom is -0.507 e. The summed E-state index contributed by atoms with van der Waals surface area (Å²) in [4.78, 5) is 30.1. The maximum absolute atomic E-state index is 13.3. The third-order valence-corrected chi connectivity index (χ3v) is 6.36. The molecule has 35 heavy (non-hydrogen) atoms. The first-order valence-electron chi connectivity index (χ1n) is 12.3. The van der Waals surface area contributed by atoms with Gasteiger partial charge in [0, 0.05) is 18.5 Å². The van der Waals surface area contributed by atoms with E-state index in [1.165, 1.54) is 0 Å². The minimum atomic E-state index is -0.689. The Labute approximate surface area is 206 Å². The molecular formula is C28H34N2O5. The topological polar surface area (TPSA) is 79.3 Å². The monoisotopic (exact) mass is 478 g/mol. The summed E-state index contributed by atoms with van der Waals surface area (Å²) in [6.07, 6.45) is 2.37. The number of rotatable bonds is 9. The Kier molecular flexibility index (Phi) is 7.45. The van der Waals surface area contributed by atoms with Crippen LogP contribution in [0.4, 0.5) is 0 Å². The van der Waals surface area contributed by atoms with Crippen LogP contribution >= 0.6 is 0 Å². The molecule has 2 aliphatic rings. The Morgan fingerprint density at radius 2 is 2.00 bits per heavy atom. The molecule has 7 heteroatoms. The molecule has 7 nitrogen and oxygen atoms in total. The lowest BCUT2D eigenvalue weighted by molar-refractivity contribution is -0.139. The van der Waals surface area contributed by atoms with Crippen LogP contribution in [0.3, 0.4) is 0 Å². The van der Waals surface area contributed by atoms with Crippen molar-refractivity contribution in [3.63, 3.8) is 0 Å². The quantitative estimate of drug-likeness (QED) is 0.331. The summed E-state index contributed by atoms with van der Waals surface area (Å²) in [6, 6.07) is 12.2. The number of hydrogen-bond acceptors (Lipinski definition) is 6. The van der Waals surface area contributed by atoms with E-state index >= 15 is 0 Å². The lowest BCUT2D eigenvalue weighted by Crippen LogP contribution is -2.32. The van der Waals surface area contributed by atoms with Crippen molar-refractivity contribution in [1.82, 2.24) is 9.80 Å². The summed E-state index contributed by atoms with van der Waals surface area (Å²) in [5, 5.41) is 11.4. The molecule has 0 aromatic heterocycles. The molecule has 0 saturated carbocycles. The van der Waals surface area contributed by atoms with E-state index in [1.54, 1.807) is 11.0 Å². The van der Waals surface area contributed by atoms with Gasteiger partial charge in [0.15, 0.2) is 0 Å². The minimum absolute atomic E-state index is 0.0653. The van der Waals surface area contributed by atoms with Gasteiger partial charge in [-0.3, -0.25) is 9.59 Å². The molecule has 0 spiro atoms. The van der Waals surface area contributed by atoms with Crippen LogP contribution in [0, 0.1) is 0 Å². The number of aliphatic hydroxyl groups excluding tert-OH is 1. The maximum Gasteiger partial charge on any atom is 0.295 e. The molecule has 0 radical (unpaired) electrons. The smallest absolute Gasteiger partial charge is 0.295 e. The zero-order chi connectivity index (χ0) is 25.1. The standard InChI is InChI=1S/C28H34N2O5/c1-5-14-34-22-9-6-8-19(17-22)25-24(27(32)28(33)30(25)13-7-12-29(3)4)26(31)20-10-11-23-21(16-20)15-18(2)35-23/h6,8-11,16-18,25,31H,5,7,12-15H2,1-4H3/t18-,25-/m0/s1. The Morgan fingerprint density at radius 3 is 2.74 bits per heavy atom. The largest absolute Gasteiger partial charge is 0.507 e. The first kappa shape index (κ1) is 24.8. The highest BCUT2D eigenvalue weighted by molar-refractivity contribution is 6.46. The van der Waals surface area contributed by atoms with Crippen LogP contribution in [0.5, 0.6) is 11.5 Å². The zero-order valence-corrected chi connectivity index (χ0v) is 20.9. The number of aliphatic hydroxyl groups is 1. The molecule has 1 amide bonds. The summed E-state index contributed by atoms with van der Waals surface area (Å²) in [6.45, 7) is 5.78. The number of fused-ring (bicyclic) bond motifs is 1. The van der Waals surface area contributed by atoms with Crippen LogP contribution in [0.2, 0.25) is 0 Å². The Balaban J connectivity index is 1.77.